The molecular formula is C28H23NO2S. The van der Waals surface area contributed by atoms with Gasteiger partial charge in [0.15, 0.2) is 0 Å². The normalized spacial score (nSPS) is 14.1. The molecule has 4 aromatic carbocycles. The first-order valence-corrected chi connectivity index (χ1v) is 11.5. The van der Waals surface area contributed by atoms with Crippen LogP contribution in [0.3, 0.4) is 0 Å². The predicted molar refractivity (Wildman–Crippen MR) is 134 cm³/mol. The molecule has 0 spiro atoms. The molecule has 0 saturated carbocycles. The minimum Gasteiger partial charge on any atom is -0.494 e. The van der Waals surface area contributed by atoms with Gasteiger partial charge in [-0.05, 0) is 71.8 Å². The van der Waals surface area contributed by atoms with Crippen LogP contribution in [0.25, 0.3) is 16.8 Å². The van der Waals surface area contributed by atoms with E-state index in [0.29, 0.717) is 6.61 Å². The molecule has 3 nitrogen and oxygen atoms in total. The molecule has 1 heterocycles. The van der Waals surface area contributed by atoms with Gasteiger partial charge in [-0.2, -0.15) is 0 Å². The molecule has 0 aromatic heterocycles. The van der Waals surface area contributed by atoms with E-state index in [-0.39, 0.29) is 5.78 Å². The van der Waals surface area contributed by atoms with Gasteiger partial charge in [0.2, 0.25) is 5.78 Å². The first-order valence-electron chi connectivity index (χ1n) is 10.7. The van der Waals surface area contributed by atoms with Crippen LogP contribution in [0.15, 0.2) is 94.7 Å². The van der Waals surface area contributed by atoms with E-state index < -0.39 is 0 Å². The second-order valence-corrected chi connectivity index (χ2v) is 8.76. The van der Waals surface area contributed by atoms with Gasteiger partial charge in [0.25, 0.3) is 0 Å². The lowest BCUT2D eigenvalue weighted by molar-refractivity contribution is 0.104. The Morgan fingerprint density at radius 1 is 0.875 bits per heavy atom. The van der Waals surface area contributed by atoms with Crippen LogP contribution < -0.4 is 9.64 Å². The van der Waals surface area contributed by atoms with Crippen molar-refractivity contribution in [2.24, 2.45) is 0 Å². The number of carbonyl (C=O) groups is 1. The highest BCUT2D eigenvalue weighted by Gasteiger charge is 2.27. The fourth-order valence-electron chi connectivity index (χ4n) is 3.98. The van der Waals surface area contributed by atoms with Gasteiger partial charge in [0.05, 0.1) is 11.5 Å². The van der Waals surface area contributed by atoms with Crippen LogP contribution in [-0.2, 0) is 0 Å². The van der Waals surface area contributed by atoms with Crippen molar-refractivity contribution in [2.45, 2.75) is 11.8 Å². The molecule has 5 rings (SSSR count). The number of Topliss-reactive ketones (excluding diaryl/α,β-unsaturated/α-hetero) is 1. The summed E-state index contributed by atoms with van der Waals surface area (Å²) in [5.74, 6) is 0.983. The molecule has 4 aromatic rings. The van der Waals surface area contributed by atoms with Crippen molar-refractivity contribution in [2.75, 3.05) is 18.6 Å². The number of rotatable bonds is 5. The van der Waals surface area contributed by atoms with E-state index in [1.807, 2.05) is 50.4 Å². The predicted octanol–water partition coefficient (Wildman–Crippen LogP) is 7.34. The number of thioether (sulfide) groups is 1. The van der Waals surface area contributed by atoms with Crippen LogP contribution in [0.4, 0.5) is 11.4 Å². The number of fused-ring (bicyclic) bond motifs is 3. The van der Waals surface area contributed by atoms with Crippen molar-refractivity contribution in [3.05, 3.63) is 101 Å². The van der Waals surface area contributed by atoms with Gasteiger partial charge >= 0.3 is 0 Å². The third-order valence-electron chi connectivity index (χ3n) is 5.67. The van der Waals surface area contributed by atoms with E-state index in [1.165, 1.54) is 0 Å². The zero-order chi connectivity index (χ0) is 22.1. The molecule has 0 atom stereocenters. The molecule has 0 radical (unpaired) electrons. The van der Waals surface area contributed by atoms with E-state index in [4.69, 9.17) is 4.74 Å². The van der Waals surface area contributed by atoms with Crippen LogP contribution in [0.1, 0.15) is 22.8 Å². The summed E-state index contributed by atoms with van der Waals surface area (Å²) in [5, 5.41) is 2.13. The standard InChI is InChI=1S/C28H23NO2S/c1-3-31-23-15-13-22(14-16-23)29(2)21-11-8-19(9-12-21)18-26-28(30)27-24-7-5-4-6-20(24)10-17-25(27)32-26/h4-18H,3H2,1-2H3. The fourth-order valence-corrected chi connectivity index (χ4v) is 5.05. The number of anilines is 2. The number of benzene rings is 4. The SMILES string of the molecule is CCOc1ccc(N(C)c2ccc(C=C3Sc4ccc5ccccc5c4C3=O)cc2)cc1. The van der Waals surface area contributed by atoms with Crippen molar-refractivity contribution < 1.29 is 9.53 Å². The summed E-state index contributed by atoms with van der Waals surface area (Å²) in [6, 6.07) is 28.6. The first kappa shape index (κ1) is 20.4. The molecule has 1 aliphatic rings. The number of hydrogen-bond donors (Lipinski definition) is 0. The Hall–Kier alpha value is -3.50. The molecule has 0 saturated heterocycles. The molecule has 0 fully saturated rings. The van der Waals surface area contributed by atoms with Gasteiger partial charge in [0.1, 0.15) is 5.75 Å². The Balaban J connectivity index is 1.37. The summed E-state index contributed by atoms with van der Waals surface area (Å²) in [6.07, 6.45) is 1.99. The van der Waals surface area contributed by atoms with E-state index in [1.54, 1.807) is 11.8 Å². The maximum Gasteiger partial charge on any atom is 0.201 e. The summed E-state index contributed by atoms with van der Waals surface area (Å²) < 4.78 is 5.53. The highest BCUT2D eigenvalue weighted by Crippen LogP contribution is 2.44. The lowest BCUT2D eigenvalue weighted by Crippen LogP contribution is -2.09. The largest absolute Gasteiger partial charge is 0.494 e. The van der Waals surface area contributed by atoms with Crippen LogP contribution >= 0.6 is 11.8 Å². The van der Waals surface area contributed by atoms with Crippen molar-refractivity contribution in [1.82, 2.24) is 0 Å². The van der Waals surface area contributed by atoms with E-state index >= 15 is 0 Å². The molecule has 4 heteroatoms. The molecule has 158 valence electrons. The molecular weight excluding hydrogens is 414 g/mol. The number of hydrogen-bond acceptors (Lipinski definition) is 4. The third-order valence-corrected chi connectivity index (χ3v) is 6.76. The average Bonchev–Trinajstić information content (AvgIpc) is 3.15. The molecule has 0 N–H and O–H groups in total. The van der Waals surface area contributed by atoms with Crippen LogP contribution in [0.5, 0.6) is 5.75 Å². The van der Waals surface area contributed by atoms with Crippen molar-refractivity contribution >= 4 is 45.8 Å². The topological polar surface area (TPSA) is 29.5 Å². The van der Waals surface area contributed by atoms with E-state index in [0.717, 1.165) is 48.8 Å². The monoisotopic (exact) mass is 437 g/mol. The first-order chi connectivity index (χ1) is 15.6. The molecule has 32 heavy (non-hydrogen) atoms. The minimum absolute atomic E-state index is 0.109. The minimum atomic E-state index is 0.109. The Bertz CT molecular complexity index is 1320. The number of nitrogens with zero attached hydrogens (tertiary/aromatic N) is 1. The van der Waals surface area contributed by atoms with Gasteiger partial charge in [-0.15, -0.1) is 0 Å². The zero-order valence-electron chi connectivity index (χ0n) is 18.0. The van der Waals surface area contributed by atoms with Gasteiger partial charge in [-0.3, -0.25) is 4.79 Å². The van der Waals surface area contributed by atoms with E-state index in [9.17, 15) is 4.79 Å². The molecule has 0 bridgehead atoms. The Morgan fingerprint density at radius 2 is 1.56 bits per heavy atom. The number of ketones is 1. The molecule has 0 aliphatic carbocycles. The maximum absolute atomic E-state index is 13.1. The quantitative estimate of drug-likeness (QED) is 0.306. The van der Waals surface area contributed by atoms with Crippen LogP contribution in [-0.4, -0.2) is 19.4 Å². The Morgan fingerprint density at radius 3 is 2.28 bits per heavy atom. The summed E-state index contributed by atoms with van der Waals surface area (Å²) in [5.41, 5.74) is 4.01. The number of carbonyl (C=O) groups excluding carboxylic acids is 1. The molecule has 0 unspecified atom stereocenters. The number of ether oxygens (including phenoxy) is 1. The van der Waals surface area contributed by atoms with Crippen LogP contribution in [0, 0.1) is 0 Å². The van der Waals surface area contributed by atoms with Gasteiger partial charge in [0, 0.05) is 28.9 Å². The zero-order valence-corrected chi connectivity index (χ0v) is 18.9. The van der Waals surface area contributed by atoms with Crippen molar-refractivity contribution in [3.8, 4) is 5.75 Å². The van der Waals surface area contributed by atoms with Gasteiger partial charge in [-0.25, -0.2) is 0 Å². The van der Waals surface area contributed by atoms with Gasteiger partial charge in [-0.1, -0.05) is 54.2 Å². The second kappa shape index (κ2) is 8.56. The summed E-state index contributed by atoms with van der Waals surface area (Å²) in [7, 11) is 2.04. The highest BCUT2D eigenvalue weighted by atomic mass is 32.2. The average molecular weight is 438 g/mol. The van der Waals surface area contributed by atoms with Crippen molar-refractivity contribution in [1.29, 1.82) is 0 Å². The third kappa shape index (κ3) is 3.78. The maximum atomic E-state index is 13.1. The molecule has 1 aliphatic heterocycles. The highest BCUT2D eigenvalue weighted by molar-refractivity contribution is 8.05. The summed E-state index contributed by atoms with van der Waals surface area (Å²) in [4.78, 5) is 17.1. The van der Waals surface area contributed by atoms with E-state index in [2.05, 4.69) is 59.5 Å². The summed E-state index contributed by atoms with van der Waals surface area (Å²) >= 11 is 1.56. The lowest BCUT2D eigenvalue weighted by atomic mass is 10.0. The fraction of sp³-hybridized carbons (Fsp3) is 0.107. The number of allylic oxidation sites excluding steroid dienone is 1. The Kier molecular flexibility index (Phi) is 5.46. The summed E-state index contributed by atoms with van der Waals surface area (Å²) in [6.45, 7) is 2.64. The smallest absolute Gasteiger partial charge is 0.201 e. The molecule has 0 amide bonds. The van der Waals surface area contributed by atoms with Crippen molar-refractivity contribution in [3.63, 3.8) is 0 Å². The van der Waals surface area contributed by atoms with Gasteiger partial charge < -0.3 is 9.64 Å². The lowest BCUT2D eigenvalue weighted by Gasteiger charge is -2.20. The second-order valence-electron chi connectivity index (χ2n) is 7.68. The van der Waals surface area contributed by atoms with Crippen LogP contribution in [0.2, 0.25) is 0 Å². The Labute approximate surface area is 192 Å².